The van der Waals surface area contributed by atoms with Crippen molar-refractivity contribution >= 4 is 119 Å². The zero-order chi connectivity index (χ0) is 59.2. The molecule has 0 radical (unpaired) electrons. The van der Waals surface area contributed by atoms with E-state index in [9.17, 15) is 98.2 Å². The fraction of sp³-hybridized carbons (Fsp3) is 0.250. The van der Waals surface area contributed by atoms with Gasteiger partial charge < -0.3 is 51.5 Å². The van der Waals surface area contributed by atoms with Crippen molar-refractivity contribution in [1.29, 1.82) is 0 Å². The average Bonchev–Trinajstić information content (AvgIpc) is 3.34. The maximum Gasteiger partial charge on any atom is 0.296 e. The predicted molar refractivity (Wildman–Crippen MR) is 278 cm³/mol. The summed E-state index contributed by atoms with van der Waals surface area (Å²) in [5, 5.41) is 48.9. The first kappa shape index (κ1) is 62.2. The summed E-state index contributed by atoms with van der Waals surface area (Å²) in [6.07, 6.45) is -0.737. The Kier molecular flexibility index (Phi) is 19.3. The second-order valence-corrected chi connectivity index (χ2v) is 24.6. The Hall–Kier alpha value is -7.00. The lowest BCUT2D eigenvalue weighted by Crippen LogP contribution is -2.31. The van der Waals surface area contributed by atoms with Crippen molar-refractivity contribution in [3.8, 4) is 0 Å². The first-order chi connectivity index (χ1) is 37.2. The number of nitrogens with one attached hydrogen (secondary N) is 4. The molecular formula is C40H46N12O22S6. The van der Waals surface area contributed by atoms with Crippen LogP contribution >= 0.6 is 0 Å². The quantitative estimate of drug-likeness (QED) is 0.0299. The molecule has 0 aliphatic carbocycles. The van der Waals surface area contributed by atoms with Crippen LogP contribution in [0.15, 0.2) is 102 Å². The van der Waals surface area contributed by atoms with Gasteiger partial charge in [0.05, 0.1) is 57.4 Å². The molecular weight excluding hydrogens is 1190 g/mol. The Bertz CT molecular complexity index is 3750. The summed E-state index contributed by atoms with van der Waals surface area (Å²) in [7, 11) is -30.4. The van der Waals surface area contributed by atoms with Gasteiger partial charge in [-0.2, -0.15) is 80.4 Å². The Morgan fingerprint density at radius 2 is 0.650 bits per heavy atom. The molecule has 0 amide bonds. The standard InChI is InChI=1S/C40H46N12O22S6/c53-15-11-51(12-16-54)39-47-35(45-37(49-39)43-29-21-27(75(57,58)59)7-9-31(29)77(63,64)65)41-25-5-3-23(33(19-25)79(69,70)71)1-2-24-4-6-26(20-34(24)80(72,73)74)42-36-46-38(50-40(48-36)52(13-17-55)14-18-56)44-30-22-28(76(60,61)62)8-10-32(30)78(66,67)68/h3-10,19-22,53-56H,1-2,11-18H2,(H,57,58,59)(H,60,61,62)(H,63,64,65)(H,66,67,68)(H,69,70,71)(H,72,73,74)(H2,41,43,45,47,49)(H2,42,44,46,48,50). The van der Waals surface area contributed by atoms with Gasteiger partial charge in [0.1, 0.15) is 9.79 Å². The monoisotopic (exact) mass is 1240 g/mol. The van der Waals surface area contributed by atoms with Crippen molar-refractivity contribution in [2.75, 3.05) is 83.7 Å². The minimum Gasteiger partial charge on any atom is -0.395 e. The number of rotatable bonds is 27. The van der Waals surface area contributed by atoms with E-state index < -0.39 is 152 Å². The van der Waals surface area contributed by atoms with E-state index in [2.05, 4.69) is 51.2 Å². The van der Waals surface area contributed by atoms with Crippen LogP contribution in [-0.2, 0) is 73.6 Å². The normalized spacial score (nSPS) is 12.5. The maximum atomic E-state index is 12.9. The summed E-state index contributed by atoms with van der Waals surface area (Å²) in [5.41, 5.74) is -2.00. The number of benzene rings is 4. The van der Waals surface area contributed by atoms with Gasteiger partial charge in [-0.1, -0.05) is 12.1 Å². The van der Waals surface area contributed by atoms with Gasteiger partial charge in [0.2, 0.25) is 35.7 Å². The van der Waals surface area contributed by atoms with E-state index in [1.165, 1.54) is 34.1 Å². The molecule has 6 aromatic rings. The first-order valence-corrected chi connectivity index (χ1v) is 30.8. The molecule has 6 rings (SSSR count). The van der Waals surface area contributed by atoms with Crippen molar-refractivity contribution in [3.63, 3.8) is 0 Å². The summed E-state index contributed by atoms with van der Waals surface area (Å²) >= 11 is 0. The van der Waals surface area contributed by atoms with Gasteiger partial charge in [0.15, 0.2) is 0 Å². The third-order valence-electron chi connectivity index (χ3n) is 10.7. The molecule has 0 atom stereocenters. The van der Waals surface area contributed by atoms with Gasteiger partial charge in [-0.15, -0.1) is 0 Å². The summed E-state index contributed by atoms with van der Waals surface area (Å²) in [5.74, 6) is -2.83. The van der Waals surface area contributed by atoms with E-state index >= 15 is 0 Å². The van der Waals surface area contributed by atoms with Crippen LogP contribution in [0.5, 0.6) is 0 Å². The van der Waals surface area contributed by atoms with E-state index in [0.717, 1.165) is 12.1 Å². The molecule has 434 valence electrons. The maximum absolute atomic E-state index is 12.9. The highest BCUT2D eigenvalue weighted by atomic mass is 32.2. The van der Waals surface area contributed by atoms with E-state index in [-0.39, 0.29) is 73.4 Å². The molecule has 2 aromatic heterocycles. The third-order valence-corrected chi connectivity index (χ3v) is 16.1. The van der Waals surface area contributed by atoms with Gasteiger partial charge in [-0.05, 0) is 84.6 Å². The van der Waals surface area contributed by atoms with E-state index in [1.807, 2.05) is 0 Å². The number of aryl methyl sites for hydroxylation is 2. The van der Waals surface area contributed by atoms with E-state index in [0.29, 0.717) is 36.4 Å². The highest BCUT2D eigenvalue weighted by Gasteiger charge is 2.26. The lowest BCUT2D eigenvalue weighted by molar-refractivity contribution is 0.279. The molecule has 34 nitrogen and oxygen atoms in total. The van der Waals surface area contributed by atoms with Crippen molar-refractivity contribution in [2.45, 2.75) is 42.2 Å². The molecule has 80 heavy (non-hydrogen) atoms. The lowest BCUT2D eigenvalue weighted by atomic mass is 10.0. The molecule has 0 aliphatic heterocycles. The largest absolute Gasteiger partial charge is 0.395 e. The number of hydrogen-bond acceptors (Lipinski definition) is 28. The molecule has 0 spiro atoms. The van der Waals surface area contributed by atoms with Crippen molar-refractivity contribution < 1.29 is 98.2 Å². The van der Waals surface area contributed by atoms with Gasteiger partial charge in [-0.3, -0.25) is 27.3 Å². The van der Waals surface area contributed by atoms with E-state index in [4.69, 9.17) is 0 Å². The second kappa shape index (κ2) is 24.8. The fourth-order valence-electron chi connectivity index (χ4n) is 7.25. The summed E-state index contributed by atoms with van der Waals surface area (Å²) in [4.78, 5) is 22.2. The van der Waals surface area contributed by atoms with Gasteiger partial charge in [0.25, 0.3) is 60.7 Å². The molecule has 0 bridgehead atoms. The second-order valence-electron chi connectivity index (χ2n) is 16.2. The number of aliphatic hydroxyl groups excluding tert-OH is 4. The number of hydrogen-bond donors (Lipinski definition) is 14. The fourth-order valence-corrected chi connectivity index (χ4v) is 11.1. The molecule has 14 N–H and O–H groups in total. The zero-order valence-electron chi connectivity index (χ0n) is 40.4. The number of aromatic nitrogens is 6. The van der Waals surface area contributed by atoms with Gasteiger partial charge >= 0.3 is 0 Å². The van der Waals surface area contributed by atoms with Crippen LogP contribution in [0, 0.1) is 0 Å². The summed E-state index contributed by atoms with van der Waals surface area (Å²) in [6.45, 7) is -3.00. The topological polar surface area (TPSA) is 539 Å². The van der Waals surface area contributed by atoms with Crippen LogP contribution in [0.4, 0.5) is 58.4 Å². The molecule has 0 fully saturated rings. The molecule has 0 saturated heterocycles. The summed E-state index contributed by atoms with van der Waals surface area (Å²) in [6, 6.07) is 10.5. The Morgan fingerprint density at radius 3 is 0.925 bits per heavy atom. The Morgan fingerprint density at radius 1 is 0.350 bits per heavy atom. The SMILES string of the molecule is O=S(=O)(O)c1ccc(S(=O)(=O)O)c(Nc2nc(Nc3ccc(CCc4ccc(Nc5nc(Nc6cc(S(=O)(=O)O)ccc6S(=O)(=O)O)nc(N(CCO)CCO)n5)cc4S(=O)(=O)O)c(S(=O)(=O)O)c3)nc(N(CCO)CCO)n2)c1. The average molecular weight is 1240 g/mol. The highest BCUT2D eigenvalue weighted by Crippen LogP contribution is 2.32. The number of nitrogens with zero attached hydrogens (tertiary/aromatic N) is 8. The van der Waals surface area contributed by atoms with Gasteiger partial charge in [-0.25, -0.2) is 0 Å². The van der Waals surface area contributed by atoms with Crippen LogP contribution in [-0.4, -0.2) is 181 Å². The van der Waals surface area contributed by atoms with Crippen LogP contribution in [0.25, 0.3) is 0 Å². The highest BCUT2D eigenvalue weighted by molar-refractivity contribution is 7.87. The van der Waals surface area contributed by atoms with Crippen LogP contribution in [0.1, 0.15) is 11.1 Å². The Labute approximate surface area is 454 Å². The molecule has 4 aromatic carbocycles. The molecule has 0 aliphatic rings. The lowest BCUT2D eigenvalue weighted by Gasteiger charge is -2.22. The summed E-state index contributed by atoms with van der Waals surface area (Å²) < 4.78 is 208. The van der Waals surface area contributed by atoms with Crippen LogP contribution in [0.2, 0.25) is 0 Å². The first-order valence-electron chi connectivity index (χ1n) is 22.1. The van der Waals surface area contributed by atoms with Crippen LogP contribution in [0.3, 0.4) is 0 Å². The van der Waals surface area contributed by atoms with Gasteiger partial charge in [0, 0.05) is 37.6 Å². The molecule has 0 unspecified atom stereocenters. The minimum atomic E-state index is -5.14. The zero-order valence-corrected chi connectivity index (χ0v) is 45.3. The van der Waals surface area contributed by atoms with Crippen molar-refractivity contribution in [3.05, 3.63) is 83.9 Å². The van der Waals surface area contributed by atoms with Crippen LogP contribution < -0.4 is 31.1 Å². The minimum absolute atomic E-state index is 0.138. The van der Waals surface area contributed by atoms with E-state index in [1.54, 1.807) is 0 Å². The smallest absolute Gasteiger partial charge is 0.296 e. The molecule has 2 heterocycles. The molecule has 40 heteroatoms. The Balaban J connectivity index is 1.34. The van der Waals surface area contributed by atoms with Crippen molar-refractivity contribution in [1.82, 2.24) is 29.9 Å². The third kappa shape index (κ3) is 16.3. The number of aliphatic hydroxyl groups is 4. The van der Waals surface area contributed by atoms with Crippen molar-refractivity contribution in [2.24, 2.45) is 0 Å². The predicted octanol–water partition coefficient (Wildman–Crippen LogP) is -0.122. The number of anilines is 10. The molecule has 0 saturated carbocycles.